The van der Waals surface area contributed by atoms with Crippen molar-refractivity contribution in [2.75, 3.05) is 0 Å². The predicted molar refractivity (Wildman–Crippen MR) is 210 cm³/mol. The Hall–Kier alpha value is -3.00. The van der Waals surface area contributed by atoms with Crippen LogP contribution in [0.5, 0.6) is 0 Å². The number of sulfone groups is 1. The summed E-state index contributed by atoms with van der Waals surface area (Å²) in [5.74, 6) is -5.69. The van der Waals surface area contributed by atoms with Crippen molar-refractivity contribution in [2.24, 2.45) is 29.6 Å². The third-order valence-corrected chi connectivity index (χ3v) is 17.9. The topological polar surface area (TPSA) is 275 Å². The van der Waals surface area contributed by atoms with Gasteiger partial charge >= 0.3 is 11.9 Å². The molecule has 334 valence electrons. The van der Waals surface area contributed by atoms with E-state index >= 15 is 0 Å². The maximum absolute atomic E-state index is 13.8. The van der Waals surface area contributed by atoms with Crippen molar-refractivity contribution in [3.8, 4) is 0 Å². The summed E-state index contributed by atoms with van der Waals surface area (Å²) in [6, 6.07) is -2.43. The number of amides is 1. The van der Waals surface area contributed by atoms with Gasteiger partial charge in [-0.05, 0) is 127 Å². The molecule has 0 bridgehead atoms. The smallest absolute Gasteiger partial charge is 0.307 e. The molecule has 6 aliphatic rings. The van der Waals surface area contributed by atoms with Gasteiger partial charge < -0.3 is 30.2 Å². The zero-order valence-electron chi connectivity index (χ0n) is 33.9. The number of aliphatic carboxylic acids is 2. The summed E-state index contributed by atoms with van der Waals surface area (Å²) >= 11 is 0. The second-order valence-electron chi connectivity index (χ2n) is 18.5. The number of carbonyl (C=O) groups excluding carboxylic acids is 1. The van der Waals surface area contributed by atoms with Gasteiger partial charge in [-0.1, -0.05) is 0 Å². The molecular formula is C40H64N4O14S. The second-order valence-corrected chi connectivity index (χ2v) is 21.0. The van der Waals surface area contributed by atoms with Crippen LogP contribution >= 0.6 is 0 Å². The molecule has 6 fully saturated rings. The first-order valence-electron chi connectivity index (χ1n) is 22.1. The quantitative estimate of drug-likeness (QED) is 0.110. The van der Waals surface area contributed by atoms with E-state index in [1.54, 1.807) is 0 Å². The van der Waals surface area contributed by atoms with Gasteiger partial charge in [-0.3, -0.25) is 34.6 Å². The molecular weight excluding hydrogens is 793 g/mol. The number of hydrogen-bond acceptors (Lipinski definition) is 13. The lowest BCUT2D eigenvalue weighted by Gasteiger charge is -2.42. The molecule has 18 nitrogen and oxygen atoms in total. The van der Waals surface area contributed by atoms with Gasteiger partial charge in [0, 0.05) is 47.6 Å². The van der Waals surface area contributed by atoms with Gasteiger partial charge in [0.05, 0.1) is 52.7 Å². The number of hydrogen-bond donors (Lipinski definition) is 5. The lowest BCUT2D eigenvalue weighted by molar-refractivity contribution is -0.529. The molecule has 0 aromatic rings. The van der Waals surface area contributed by atoms with Gasteiger partial charge in [0.15, 0.2) is 9.84 Å². The summed E-state index contributed by atoms with van der Waals surface area (Å²) in [5.41, 5.74) is 2.34. The second kappa shape index (κ2) is 20.2. The van der Waals surface area contributed by atoms with Crippen LogP contribution in [0.4, 0.5) is 0 Å². The van der Waals surface area contributed by atoms with Crippen LogP contribution in [0.2, 0.25) is 0 Å². The van der Waals surface area contributed by atoms with Gasteiger partial charge in [-0.25, -0.2) is 13.9 Å². The van der Waals surface area contributed by atoms with Crippen molar-refractivity contribution < 1.29 is 57.5 Å². The first-order valence-corrected chi connectivity index (χ1v) is 23.7. The van der Waals surface area contributed by atoms with Crippen molar-refractivity contribution in [2.45, 2.75) is 200 Å². The zero-order valence-corrected chi connectivity index (χ0v) is 34.7. The van der Waals surface area contributed by atoms with Crippen LogP contribution in [-0.4, -0.2) is 111 Å². The third kappa shape index (κ3) is 11.3. The van der Waals surface area contributed by atoms with E-state index in [0.29, 0.717) is 89.9 Å². The monoisotopic (exact) mass is 856 g/mol. The Morgan fingerprint density at radius 2 is 1.00 bits per heavy atom. The summed E-state index contributed by atoms with van der Waals surface area (Å²) in [5, 5.41) is 54.6. The molecule has 0 radical (unpaired) electrons. The summed E-state index contributed by atoms with van der Waals surface area (Å²) in [6.45, 7) is 0. The Balaban J connectivity index is 0.877. The highest BCUT2D eigenvalue weighted by Gasteiger charge is 2.47. The van der Waals surface area contributed by atoms with Crippen LogP contribution in [0.15, 0.2) is 0 Å². The minimum absolute atomic E-state index is 0.00978. The SMILES string of the molecule is O=C(O)C1CCC([N+](=O)[O-])CC1C(=O)NC1CCC(OC2CCC(S(=O)(=O)C3CCC(OC4CCC(C(NO)C5CC([N+](=O)[O-])CCC5C(=O)O)CC4)CC3)CC2)CC1. The fourth-order valence-corrected chi connectivity index (χ4v) is 14.0. The van der Waals surface area contributed by atoms with E-state index in [-0.39, 0.29) is 79.8 Å². The van der Waals surface area contributed by atoms with Crippen LogP contribution in [0.3, 0.4) is 0 Å². The lowest BCUT2D eigenvalue weighted by atomic mass is 9.68. The normalized spacial score (nSPS) is 39.0. The number of carboxylic acid groups (broad SMARTS) is 2. The minimum atomic E-state index is -3.33. The number of carbonyl (C=O) groups is 3. The first-order chi connectivity index (χ1) is 28.1. The van der Waals surface area contributed by atoms with Crippen LogP contribution < -0.4 is 10.8 Å². The van der Waals surface area contributed by atoms with Crippen LogP contribution in [0.1, 0.15) is 141 Å². The summed E-state index contributed by atoms with van der Waals surface area (Å²) in [6.07, 6.45) is 11.1. The summed E-state index contributed by atoms with van der Waals surface area (Å²) < 4.78 is 40.5. The average Bonchev–Trinajstić information content (AvgIpc) is 3.22. The number of ether oxygens (including phenoxy) is 2. The van der Waals surface area contributed by atoms with Crippen LogP contribution in [0.25, 0.3) is 0 Å². The van der Waals surface area contributed by atoms with E-state index in [1.807, 2.05) is 0 Å². The largest absolute Gasteiger partial charge is 0.481 e. The molecule has 0 saturated heterocycles. The third-order valence-electron chi connectivity index (χ3n) is 15.1. The van der Waals surface area contributed by atoms with Crippen molar-refractivity contribution >= 4 is 27.7 Å². The number of nitrogens with one attached hydrogen (secondary N) is 2. The molecule has 0 heterocycles. The molecule has 0 aliphatic heterocycles. The molecule has 6 aliphatic carbocycles. The molecule has 1 amide bonds. The Morgan fingerprint density at radius 3 is 1.44 bits per heavy atom. The van der Waals surface area contributed by atoms with Crippen molar-refractivity contribution in [1.82, 2.24) is 10.8 Å². The van der Waals surface area contributed by atoms with Gasteiger partial charge in [-0.2, -0.15) is 0 Å². The van der Waals surface area contributed by atoms with Crippen molar-refractivity contribution in [3.05, 3.63) is 20.2 Å². The zero-order chi connectivity index (χ0) is 42.4. The molecule has 6 saturated carbocycles. The van der Waals surface area contributed by atoms with Gasteiger partial charge in [0.2, 0.25) is 18.0 Å². The molecule has 19 heteroatoms. The number of carboxylic acids is 2. The Bertz CT molecular complexity index is 1590. The van der Waals surface area contributed by atoms with Gasteiger partial charge in [0.1, 0.15) is 0 Å². The van der Waals surface area contributed by atoms with E-state index in [0.717, 1.165) is 12.8 Å². The maximum atomic E-state index is 13.8. The van der Waals surface area contributed by atoms with Gasteiger partial charge in [-0.15, -0.1) is 0 Å². The molecule has 7 unspecified atom stereocenters. The molecule has 0 aromatic heterocycles. The molecule has 0 spiro atoms. The molecule has 59 heavy (non-hydrogen) atoms. The Kier molecular flexibility index (Phi) is 15.6. The lowest BCUT2D eigenvalue weighted by Crippen LogP contribution is -2.50. The average molecular weight is 857 g/mol. The molecule has 7 atom stereocenters. The Labute approximate surface area is 345 Å². The van der Waals surface area contributed by atoms with E-state index in [4.69, 9.17) is 9.47 Å². The first kappa shape index (κ1) is 45.5. The predicted octanol–water partition coefficient (Wildman–Crippen LogP) is 4.68. The highest BCUT2D eigenvalue weighted by atomic mass is 32.2. The van der Waals surface area contributed by atoms with E-state index in [2.05, 4.69) is 10.8 Å². The minimum Gasteiger partial charge on any atom is -0.481 e. The number of nitro groups is 2. The number of rotatable bonds is 15. The number of hydroxylamine groups is 1. The molecule has 6 rings (SSSR count). The fourth-order valence-electron chi connectivity index (χ4n) is 11.6. The molecule has 5 N–H and O–H groups in total. The Morgan fingerprint density at radius 1 is 0.576 bits per heavy atom. The highest BCUT2D eigenvalue weighted by Crippen LogP contribution is 2.42. The van der Waals surface area contributed by atoms with Crippen molar-refractivity contribution in [3.63, 3.8) is 0 Å². The highest BCUT2D eigenvalue weighted by molar-refractivity contribution is 7.92. The summed E-state index contributed by atoms with van der Waals surface area (Å²) in [7, 11) is -3.33. The number of nitrogens with zero attached hydrogens (tertiary/aromatic N) is 2. The van der Waals surface area contributed by atoms with E-state index in [9.17, 15) is 58.5 Å². The van der Waals surface area contributed by atoms with E-state index in [1.165, 1.54) is 0 Å². The van der Waals surface area contributed by atoms with E-state index < -0.39 is 84.9 Å². The van der Waals surface area contributed by atoms with Crippen LogP contribution in [0, 0.1) is 49.8 Å². The van der Waals surface area contributed by atoms with Crippen LogP contribution in [-0.2, 0) is 33.7 Å². The van der Waals surface area contributed by atoms with Gasteiger partial charge in [0.25, 0.3) is 0 Å². The fraction of sp³-hybridized carbons (Fsp3) is 0.925. The van der Waals surface area contributed by atoms with Crippen molar-refractivity contribution in [1.29, 1.82) is 0 Å². The molecule has 0 aromatic carbocycles. The maximum Gasteiger partial charge on any atom is 0.307 e. The summed E-state index contributed by atoms with van der Waals surface area (Å²) in [4.78, 5) is 58.9. The standard InChI is InChI=1S/C40H64N4O14S/c45-38(36-22-26(44(53)54)6-20-34(36)40(48)49)41-24-3-9-28(10-4-24)58-30-13-17-32(18-14-30)59(55,56)31-15-11-29(12-16-31)57-27-7-1-23(2-8-27)37(42-50)35-21-25(43(51)52)5-19-33(35)39(46)47/h23-37,42,50H,1-22H2,(H,41,45)(H,46,47)(H,48,49).